The number of oxime groups is 1. The molecule has 7 heteroatoms. The molecule has 1 saturated heterocycles. The Morgan fingerprint density at radius 2 is 1.71 bits per heavy atom. The monoisotopic (exact) mass is 331 g/mol. The van der Waals surface area contributed by atoms with Crippen LogP contribution in [-0.4, -0.2) is 43.2 Å². The molecule has 0 radical (unpaired) electrons. The Balaban J connectivity index is 1.96. The first-order chi connectivity index (χ1) is 11.3. The minimum Gasteiger partial charge on any atom is -0.466 e. The Labute approximate surface area is 142 Å². The summed E-state index contributed by atoms with van der Waals surface area (Å²) < 4.78 is 17.1. The van der Waals surface area contributed by atoms with Crippen molar-refractivity contribution in [2.75, 3.05) is 7.11 Å². The number of hydrogen-bond acceptors (Lipinski definition) is 6. The first-order valence-corrected chi connectivity index (χ1v) is 7.99. The Morgan fingerprint density at radius 3 is 2.25 bits per heavy atom. The summed E-state index contributed by atoms with van der Waals surface area (Å²) >= 11 is 0. The van der Waals surface area contributed by atoms with E-state index in [0.29, 0.717) is 5.71 Å². The molecule has 2 heterocycles. The lowest BCUT2D eigenvalue weighted by Crippen LogP contribution is -2.41. The van der Waals surface area contributed by atoms with E-state index >= 15 is 0 Å². The summed E-state index contributed by atoms with van der Waals surface area (Å²) in [4.78, 5) is 17.5. The van der Waals surface area contributed by atoms with Gasteiger partial charge >= 0.3 is 13.1 Å². The van der Waals surface area contributed by atoms with Gasteiger partial charge in [-0.1, -0.05) is 35.5 Å². The van der Waals surface area contributed by atoms with Crippen LogP contribution in [0.3, 0.4) is 0 Å². The molecule has 0 aliphatic carbocycles. The van der Waals surface area contributed by atoms with Gasteiger partial charge in [-0.05, 0) is 33.3 Å². The summed E-state index contributed by atoms with van der Waals surface area (Å²) in [6.07, 6.45) is -0.889. The molecule has 2 atom stereocenters. The Morgan fingerprint density at radius 1 is 1.12 bits per heavy atom. The van der Waals surface area contributed by atoms with Crippen LogP contribution >= 0.6 is 0 Å². The van der Waals surface area contributed by atoms with E-state index in [1.807, 2.05) is 58.0 Å². The van der Waals surface area contributed by atoms with Crippen molar-refractivity contribution in [1.29, 1.82) is 0 Å². The molecule has 0 saturated carbocycles. The summed E-state index contributed by atoms with van der Waals surface area (Å²) in [7, 11) is 0.675. The summed E-state index contributed by atoms with van der Waals surface area (Å²) in [5, 5.41) is 4.13. The molecule has 0 bridgehead atoms. The third-order valence-corrected chi connectivity index (χ3v) is 4.97. The highest BCUT2D eigenvalue weighted by Gasteiger charge is 2.60. The standard InChI is InChI=1S/C17H22BNO5/c1-16(2)17(3,4)24-18(23-16)12-13(11-9-7-6-8-10-11)19-22-14(12)15(20)21-5/h6-10,12,14H,1-5H3/t12-,14-/m1/s1. The second-order valence-electron chi connectivity index (χ2n) is 7.04. The van der Waals surface area contributed by atoms with Crippen LogP contribution in [0.15, 0.2) is 35.5 Å². The molecule has 0 spiro atoms. The summed E-state index contributed by atoms with van der Waals surface area (Å²) in [6, 6.07) is 9.57. The number of hydrogen-bond donors (Lipinski definition) is 0. The third-order valence-electron chi connectivity index (χ3n) is 4.97. The molecular formula is C17H22BNO5. The van der Waals surface area contributed by atoms with Gasteiger partial charge in [-0.2, -0.15) is 0 Å². The maximum absolute atomic E-state index is 12.1. The molecule has 1 fully saturated rings. The molecule has 1 aromatic rings. The fourth-order valence-corrected chi connectivity index (χ4v) is 2.85. The lowest BCUT2D eigenvalue weighted by Gasteiger charge is -2.32. The molecule has 0 N–H and O–H groups in total. The molecule has 24 heavy (non-hydrogen) atoms. The molecule has 128 valence electrons. The molecule has 1 aromatic carbocycles. The van der Waals surface area contributed by atoms with Gasteiger partial charge in [-0.15, -0.1) is 0 Å². The average molecular weight is 331 g/mol. The maximum Gasteiger partial charge on any atom is 0.472 e. The van der Waals surface area contributed by atoms with Gasteiger partial charge in [0.1, 0.15) is 0 Å². The van der Waals surface area contributed by atoms with Gasteiger partial charge in [-0.25, -0.2) is 4.79 Å². The zero-order valence-electron chi connectivity index (χ0n) is 14.6. The Bertz CT molecular complexity index is 642. The van der Waals surface area contributed by atoms with Crippen LogP contribution < -0.4 is 0 Å². The lowest BCUT2D eigenvalue weighted by atomic mass is 9.65. The van der Waals surface area contributed by atoms with Crippen LogP contribution in [0.2, 0.25) is 5.82 Å². The number of ether oxygens (including phenoxy) is 1. The zero-order chi connectivity index (χ0) is 17.5. The number of methoxy groups -OCH3 is 1. The van der Waals surface area contributed by atoms with Crippen molar-refractivity contribution in [3.8, 4) is 0 Å². The molecule has 0 unspecified atom stereocenters. The van der Waals surface area contributed by atoms with Crippen LogP contribution in [0, 0.1) is 0 Å². The zero-order valence-corrected chi connectivity index (χ0v) is 14.6. The van der Waals surface area contributed by atoms with Crippen LogP contribution in [0.25, 0.3) is 0 Å². The van der Waals surface area contributed by atoms with Gasteiger partial charge in [-0.3, -0.25) is 0 Å². The van der Waals surface area contributed by atoms with Gasteiger partial charge in [0, 0.05) is 0 Å². The third kappa shape index (κ3) is 2.72. The van der Waals surface area contributed by atoms with E-state index in [9.17, 15) is 4.79 Å². The second kappa shape index (κ2) is 5.90. The van der Waals surface area contributed by atoms with E-state index in [0.717, 1.165) is 5.56 Å². The number of carbonyl (C=O) groups excluding carboxylic acids is 1. The number of nitrogens with zero attached hydrogens (tertiary/aromatic N) is 1. The van der Waals surface area contributed by atoms with Gasteiger partial charge in [0.25, 0.3) is 0 Å². The molecule has 0 amide bonds. The fourth-order valence-electron chi connectivity index (χ4n) is 2.85. The predicted octanol–water partition coefficient (Wildman–Crippen LogP) is 2.42. The molecule has 0 aromatic heterocycles. The molecule has 3 rings (SSSR count). The first-order valence-electron chi connectivity index (χ1n) is 7.99. The van der Waals surface area contributed by atoms with Crippen molar-refractivity contribution >= 4 is 18.8 Å². The van der Waals surface area contributed by atoms with Crippen molar-refractivity contribution in [1.82, 2.24) is 0 Å². The quantitative estimate of drug-likeness (QED) is 0.629. The number of carbonyl (C=O) groups is 1. The highest BCUT2D eigenvalue weighted by Crippen LogP contribution is 2.44. The van der Waals surface area contributed by atoms with Crippen molar-refractivity contribution in [2.45, 2.75) is 50.8 Å². The maximum atomic E-state index is 12.1. The Kier molecular flexibility index (Phi) is 4.17. The first kappa shape index (κ1) is 17.0. The van der Waals surface area contributed by atoms with Crippen LogP contribution in [0.5, 0.6) is 0 Å². The van der Waals surface area contributed by atoms with E-state index in [1.165, 1.54) is 7.11 Å². The normalized spacial score (nSPS) is 27.5. The van der Waals surface area contributed by atoms with E-state index in [2.05, 4.69) is 5.16 Å². The highest BCUT2D eigenvalue weighted by atomic mass is 16.7. The number of benzene rings is 1. The van der Waals surface area contributed by atoms with Crippen molar-refractivity contribution < 1.29 is 23.7 Å². The van der Waals surface area contributed by atoms with E-state index in [1.54, 1.807) is 0 Å². The van der Waals surface area contributed by atoms with Gasteiger partial charge in [0.15, 0.2) is 0 Å². The van der Waals surface area contributed by atoms with Crippen molar-refractivity contribution in [3.05, 3.63) is 35.9 Å². The summed E-state index contributed by atoms with van der Waals surface area (Å²) in [5.41, 5.74) is 0.471. The van der Waals surface area contributed by atoms with E-state index in [-0.39, 0.29) is 0 Å². The number of rotatable bonds is 3. The summed E-state index contributed by atoms with van der Waals surface area (Å²) in [5.74, 6) is -0.995. The topological polar surface area (TPSA) is 66.4 Å². The van der Waals surface area contributed by atoms with E-state index in [4.69, 9.17) is 18.9 Å². The van der Waals surface area contributed by atoms with Gasteiger partial charge in [0.2, 0.25) is 6.10 Å². The predicted molar refractivity (Wildman–Crippen MR) is 89.7 cm³/mol. The van der Waals surface area contributed by atoms with Gasteiger partial charge in [0.05, 0.1) is 29.8 Å². The smallest absolute Gasteiger partial charge is 0.466 e. The molecule has 2 aliphatic rings. The van der Waals surface area contributed by atoms with Crippen LogP contribution in [0.4, 0.5) is 0 Å². The molecule has 6 nitrogen and oxygen atoms in total. The van der Waals surface area contributed by atoms with Gasteiger partial charge < -0.3 is 18.9 Å². The fraction of sp³-hybridized carbons (Fsp3) is 0.529. The van der Waals surface area contributed by atoms with Crippen LogP contribution in [0.1, 0.15) is 33.3 Å². The van der Waals surface area contributed by atoms with Crippen LogP contribution in [-0.2, 0) is 23.7 Å². The Hall–Kier alpha value is -1.86. The summed E-state index contributed by atoms with van der Waals surface area (Å²) in [6.45, 7) is 7.87. The average Bonchev–Trinajstić information content (AvgIpc) is 3.06. The largest absolute Gasteiger partial charge is 0.472 e. The van der Waals surface area contributed by atoms with Crippen molar-refractivity contribution in [2.24, 2.45) is 5.16 Å². The number of esters is 1. The minimum atomic E-state index is -0.889. The minimum absolute atomic E-state index is 0.496. The lowest BCUT2D eigenvalue weighted by molar-refractivity contribution is -0.152. The highest BCUT2D eigenvalue weighted by molar-refractivity contribution is 6.55. The molecule has 2 aliphatic heterocycles. The van der Waals surface area contributed by atoms with Crippen molar-refractivity contribution in [3.63, 3.8) is 0 Å². The van der Waals surface area contributed by atoms with E-state index < -0.39 is 36.2 Å². The second-order valence-corrected chi connectivity index (χ2v) is 7.04. The molecular weight excluding hydrogens is 309 g/mol. The SMILES string of the molecule is COC(=O)[C@@H]1ON=C(c2ccccc2)[C@H]1B1OC(C)(C)C(C)(C)O1.